The van der Waals surface area contributed by atoms with Crippen molar-refractivity contribution in [1.29, 1.82) is 0 Å². The zero-order chi connectivity index (χ0) is 41.8. The summed E-state index contributed by atoms with van der Waals surface area (Å²) in [6, 6.07) is -1.000. The highest BCUT2D eigenvalue weighted by molar-refractivity contribution is 5.80. The number of carbonyl (C=O) groups is 1. The molecule has 10 nitrogen and oxygen atoms in total. The summed E-state index contributed by atoms with van der Waals surface area (Å²) in [5.41, 5.74) is 0. The van der Waals surface area contributed by atoms with Crippen molar-refractivity contribution in [3.05, 3.63) is 36.5 Å². The molecular formula is C47H87NO9. The molecule has 10 heteroatoms. The quantitative estimate of drug-likeness (QED) is 0.0239. The van der Waals surface area contributed by atoms with Gasteiger partial charge in [0.15, 0.2) is 6.29 Å². The van der Waals surface area contributed by atoms with E-state index in [1.165, 1.54) is 116 Å². The van der Waals surface area contributed by atoms with Gasteiger partial charge in [-0.1, -0.05) is 185 Å². The molecule has 1 saturated heterocycles. The molecule has 8 unspecified atom stereocenters. The minimum absolute atomic E-state index is 0.303. The van der Waals surface area contributed by atoms with Gasteiger partial charge in [0.25, 0.3) is 0 Å². The first-order chi connectivity index (χ1) is 27.8. The first-order valence-electron chi connectivity index (χ1n) is 23.3. The SMILES string of the molecule is CCCCCCCC/C=C/CC/C=C/CC/C=C/C(O)C(COC1OC(CO)C(O)C(O)C1O)NC(=O)C(O)CCCCCCCCCCCCCCCCCC. The third-order valence-corrected chi connectivity index (χ3v) is 11.1. The Morgan fingerprint density at radius 1 is 0.596 bits per heavy atom. The van der Waals surface area contributed by atoms with Crippen LogP contribution in [0.2, 0.25) is 0 Å². The second-order valence-electron chi connectivity index (χ2n) is 16.3. The van der Waals surface area contributed by atoms with Crippen LogP contribution in [0.15, 0.2) is 36.5 Å². The van der Waals surface area contributed by atoms with Gasteiger partial charge >= 0.3 is 0 Å². The number of rotatable bonds is 38. The highest BCUT2D eigenvalue weighted by atomic mass is 16.7. The number of allylic oxidation sites excluding steroid dienone is 5. The van der Waals surface area contributed by atoms with Gasteiger partial charge in [-0.15, -0.1) is 0 Å². The smallest absolute Gasteiger partial charge is 0.249 e. The lowest BCUT2D eigenvalue weighted by Gasteiger charge is -2.40. The maximum absolute atomic E-state index is 13.0. The number of amides is 1. The molecule has 0 aliphatic carbocycles. The first kappa shape index (κ1) is 53.4. The molecule has 1 fully saturated rings. The Hall–Kier alpha value is -1.63. The Morgan fingerprint density at radius 2 is 1.04 bits per heavy atom. The average Bonchev–Trinajstić information content (AvgIpc) is 3.21. The van der Waals surface area contributed by atoms with Gasteiger partial charge in [-0.05, 0) is 44.9 Å². The highest BCUT2D eigenvalue weighted by Crippen LogP contribution is 2.22. The van der Waals surface area contributed by atoms with Crippen LogP contribution >= 0.6 is 0 Å². The van der Waals surface area contributed by atoms with Gasteiger partial charge < -0.3 is 45.4 Å². The lowest BCUT2D eigenvalue weighted by Crippen LogP contribution is -2.60. The standard InChI is InChI=1S/C47H87NO9/c1-3-5-7-9-11-13-15-17-19-21-23-25-27-29-31-33-35-40(50)39(38-56-47-45(54)44(53)43(52)42(37-49)57-47)48-46(55)41(51)36-34-32-30-28-26-24-22-20-18-16-14-12-10-8-6-4-2/h17,19,25,27,33,35,39-45,47,49-54H,3-16,18,20-24,26,28-32,34,36-38H2,1-2H3,(H,48,55)/b19-17+,27-25+,35-33+. The van der Waals surface area contributed by atoms with Gasteiger partial charge in [-0.25, -0.2) is 0 Å². The second-order valence-corrected chi connectivity index (χ2v) is 16.3. The molecule has 0 radical (unpaired) electrons. The van der Waals surface area contributed by atoms with E-state index in [9.17, 15) is 35.4 Å². The molecule has 8 atom stereocenters. The van der Waals surface area contributed by atoms with E-state index >= 15 is 0 Å². The van der Waals surface area contributed by atoms with Crippen molar-refractivity contribution in [1.82, 2.24) is 5.32 Å². The Labute approximate surface area is 347 Å². The summed E-state index contributed by atoms with van der Waals surface area (Å²) in [7, 11) is 0. The summed E-state index contributed by atoms with van der Waals surface area (Å²) in [5.74, 6) is -0.630. The van der Waals surface area contributed by atoms with Crippen LogP contribution in [0.5, 0.6) is 0 Å². The second kappa shape index (κ2) is 37.4. The molecule has 0 aromatic heterocycles. The predicted octanol–water partition coefficient (Wildman–Crippen LogP) is 8.64. The van der Waals surface area contributed by atoms with E-state index in [1.807, 2.05) is 6.08 Å². The minimum Gasteiger partial charge on any atom is -0.394 e. The van der Waals surface area contributed by atoms with Crippen LogP contribution in [0.4, 0.5) is 0 Å². The van der Waals surface area contributed by atoms with Crippen LogP contribution in [-0.2, 0) is 14.3 Å². The largest absolute Gasteiger partial charge is 0.394 e. The molecule has 0 bridgehead atoms. The van der Waals surface area contributed by atoms with Crippen molar-refractivity contribution in [2.75, 3.05) is 13.2 Å². The van der Waals surface area contributed by atoms with Gasteiger partial charge in [0.05, 0.1) is 25.4 Å². The van der Waals surface area contributed by atoms with Gasteiger partial charge in [-0.2, -0.15) is 0 Å². The molecule has 334 valence electrons. The van der Waals surface area contributed by atoms with E-state index in [4.69, 9.17) is 9.47 Å². The summed E-state index contributed by atoms with van der Waals surface area (Å²) in [6.07, 6.45) is 35.1. The van der Waals surface area contributed by atoms with Crippen molar-refractivity contribution in [2.45, 2.75) is 243 Å². The zero-order valence-electron chi connectivity index (χ0n) is 36.2. The summed E-state index contributed by atoms with van der Waals surface area (Å²) >= 11 is 0. The van der Waals surface area contributed by atoms with Gasteiger partial charge in [0.1, 0.15) is 30.5 Å². The maximum Gasteiger partial charge on any atom is 0.249 e. The number of nitrogens with one attached hydrogen (secondary N) is 1. The number of carbonyl (C=O) groups excluding carboxylic acids is 1. The Balaban J connectivity index is 2.45. The van der Waals surface area contributed by atoms with Crippen LogP contribution in [0.3, 0.4) is 0 Å². The summed E-state index contributed by atoms with van der Waals surface area (Å²) in [5, 5.41) is 64.6. The minimum atomic E-state index is -1.62. The molecule has 0 aromatic rings. The average molecular weight is 810 g/mol. The fourth-order valence-electron chi connectivity index (χ4n) is 7.19. The Kier molecular flexibility index (Phi) is 35.0. The van der Waals surface area contributed by atoms with E-state index in [-0.39, 0.29) is 6.61 Å². The van der Waals surface area contributed by atoms with E-state index in [1.54, 1.807) is 6.08 Å². The zero-order valence-corrected chi connectivity index (χ0v) is 36.2. The molecule has 1 aliphatic rings. The van der Waals surface area contributed by atoms with Gasteiger partial charge in [-0.3, -0.25) is 4.79 Å². The lowest BCUT2D eigenvalue weighted by molar-refractivity contribution is -0.302. The summed E-state index contributed by atoms with van der Waals surface area (Å²) in [4.78, 5) is 13.0. The summed E-state index contributed by atoms with van der Waals surface area (Å²) < 4.78 is 11.1. The molecule has 1 rings (SSSR count). The molecule has 7 N–H and O–H groups in total. The van der Waals surface area contributed by atoms with Crippen molar-refractivity contribution in [2.24, 2.45) is 0 Å². The Morgan fingerprint density at radius 3 is 1.53 bits per heavy atom. The fraction of sp³-hybridized carbons (Fsp3) is 0.851. The fourth-order valence-corrected chi connectivity index (χ4v) is 7.19. The van der Waals surface area contributed by atoms with Crippen LogP contribution in [0.1, 0.15) is 194 Å². The van der Waals surface area contributed by atoms with Crippen molar-refractivity contribution >= 4 is 5.91 Å². The maximum atomic E-state index is 13.0. The normalized spacial score (nSPS) is 21.9. The highest BCUT2D eigenvalue weighted by Gasteiger charge is 2.44. The van der Waals surface area contributed by atoms with E-state index in [2.05, 4.69) is 43.5 Å². The van der Waals surface area contributed by atoms with Crippen molar-refractivity contribution in [3.8, 4) is 0 Å². The molecule has 1 aliphatic heterocycles. The van der Waals surface area contributed by atoms with Gasteiger partial charge in [0.2, 0.25) is 5.91 Å². The van der Waals surface area contributed by atoms with Crippen molar-refractivity contribution in [3.63, 3.8) is 0 Å². The lowest BCUT2D eigenvalue weighted by atomic mass is 9.99. The molecule has 1 heterocycles. The third kappa shape index (κ3) is 27.7. The molecule has 0 spiro atoms. The third-order valence-electron chi connectivity index (χ3n) is 11.1. The monoisotopic (exact) mass is 810 g/mol. The number of aliphatic hydroxyl groups excluding tert-OH is 6. The van der Waals surface area contributed by atoms with Crippen LogP contribution in [-0.4, -0.2) is 98.7 Å². The van der Waals surface area contributed by atoms with E-state index in [0.717, 1.165) is 44.9 Å². The molecule has 1 amide bonds. The van der Waals surface area contributed by atoms with Crippen LogP contribution in [0, 0.1) is 0 Å². The molecule has 57 heavy (non-hydrogen) atoms. The topological polar surface area (TPSA) is 169 Å². The number of ether oxygens (including phenoxy) is 2. The number of hydrogen-bond acceptors (Lipinski definition) is 9. The molecular weight excluding hydrogens is 723 g/mol. The van der Waals surface area contributed by atoms with Crippen molar-refractivity contribution < 1.29 is 44.9 Å². The number of unbranched alkanes of at least 4 members (excludes halogenated alkanes) is 23. The Bertz CT molecular complexity index is 1010. The van der Waals surface area contributed by atoms with Crippen LogP contribution in [0.25, 0.3) is 0 Å². The molecule has 0 saturated carbocycles. The number of hydrogen-bond donors (Lipinski definition) is 7. The summed E-state index contributed by atoms with van der Waals surface area (Å²) in [6.45, 7) is 3.57. The molecule has 0 aromatic carbocycles. The van der Waals surface area contributed by atoms with Crippen LogP contribution < -0.4 is 5.32 Å². The number of aliphatic hydroxyl groups is 6. The van der Waals surface area contributed by atoms with E-state index < -0.39 is 61.5 Å². The first-order valence-corrected chi connectivity index (χ1v) is 23.3. The van der Waals surface area contributed by atoms with Gasteiger partial charge in [0, 0.05) is 0 Å². The predicted molar refractivity (Wildman–Crippen MR) is 232 cm³/mol. The van der Waals surface area contributed by atoms with E-state index in [0.29, 0.717) is 19.3 Å².